The van der Waals surface area contributed by atoms with Crippen LogP contribution in [0.15, 0.2) is 0 Å². The lowest BCUT2D eigenvalue weighted by Crippen LogP contribution is -1.95. The number of unbranched alkanes of at least 4 members (excludes halogenated alkanes) is 2. The topological polar surface area (TPSA) is 18.5 Å². The Morgan fingerprint density at radius 2 is 1.78 bits per heavy atom. The van der Waals surface area contributed by atoms with E-state index in [1.807, 2.05) is 6.92 Å². The van der Waals surface area contributed by atoms with Gasteiger partial charge >= 0.3 is 0 Å². The Morgan fingerprint density at radius 1 is 1.00 bits per heavy atom. The lowest BCUT2D eigenvalue weighted by atomic mass is 10.3. The van der Waals surface area contributed by atoms with E-state index in [2.05, 4.69) is 11.8 Å². The van der Waals surface area contributed by atoms with Gasteiger partial charge in [0, 0.05) is 0 Å². The molecule has 0 N–H and O–H groups in total. The molecule has 9 heavy (non-hydrogen) atoms. The second kappa shape index (κ2) is 7.92. The van der Waals surface area contributed by atoms with Gasteiger partial charge in [-0.25, -0.2) is 9.78 Å². The number of hydrogen-bond acceptors (Lipinski definition) is 2. The van der Waals surface area contributed by atoms with Crippen LogP contribution in [0, 0.1) is 0 Å². The fourth-order valence-corrected chi connectivity index (χ4v) is 0.553. The van der Waals surface area contributed by atoms with Crippen molar-refractivity contribution in [2.45, 2.75) is 33.1 Å². The van der Waals surface area contributed by atoms with Gasteiger partial charge in [-0.3, -0.25) is 0 Å². The molecule has 2 nitrogen and oxygen atoms in total. The summed E-state index contributed by atoms with van der Waals surface area (Å²) in [5.74, 6) is 0. The van der Waals surface area contributed by atoms with Crippen LogP contribution in [0.3, 0.4) is 0 Å². The molecule has 56 valence electrons. The SMILES string of the molecule is CCCCCOOCC. The average Bonchev–Trinajstić information content (AvgIpc) is 1.89. The summed E-state index contributed by atoms with van der Waals surface area (Å²) in [6.45, 7) is 5.47. The van der Waals surface area contributed by atoms with E-state index in [1.54, 1.807) is 0 Å². The van der Waals surface area contributed by atoms with Gasteiger partial charge < -0.3 is 0 Å². The highest BCUT2D eigenvalue weighted by atomic mass is 17.2. The highest BCUT2D eigenvalue weighted by molar-refractivity contribution is 4.32. The molecule has 0 amide bonds. The van der Waals surface area contributed by atoms with Crippen molar-refractivity contribution in [1.29, 1.82) is 0 Å². The summed E-state index contributed by atoms with van der Waals surface area (Å²) in [7, 11) is 0. The van der Waals surface area contributed by atoms with Crippen LogP contribution >= 0.6 is 0 Å². The van der Waals surface area contributed by atoms with Crippen LogP contribution in [-0.2, 0) is 9.78 Å². The first kappa shape index (κ1) is 8.92. The maximum atomic E-state index is 4.78. The molecule has 0 aliphatic carbocycles. The van der Waals surface area contributed by atoms with Gasteiger partial charge in [0.25, 0.3) is 0 Å². The smallest absolute Gasteiger partial charge is 0.0822 e. The number of hydrogen-bond donors (Lipinski definition) is 0. The van der Waals surface area contributed by atoms with E-state index in [-0.39, 0.29) is 0 Å². The zero-order valence-corrected chi connectivity index (χ0v) is 6.35. The van der Waals surface area contributed by atoms with Gasteiger partial charge in [0.05, 0.1) is 13.2 Å². The Kier molecular flexibility index (Phi) is 7.85. The van der Waals surface area contributed by atoms with Gasteiger partial charge in [0.2, 0.25) is 0 Å². The molecule has 0 aromatic rings. The predicted octanol–water partition coefficient (Wildman–Crippen LogP) is 2.14. The second-order valence-corrected chi connectivity index (χ2v) is 1.94. The van der Waals surface area contributed by atoms with Gasteiger partial charge in [0.1, 0.15) is 0 Å². The average molecular weight is 132 g/mol. The molecule has 0 spiro atoms. The van der Waals surface area contributed by atoms with Crippen LogP contribution in [0.4, 0.5) is 0 Å². The Labute approximate surface area is 57.1 Å². The van der Waals surface area contributed by atoms with E-state index < -0.39 is 0 Å². The summed E-state index contributed by atoms with van der Waals surface area (Å²) in [4.78, 5) is 9.46. The van der Waals surface area contributed by atoms with E-state index in [1.165, 1.54) is 12.8 Å². The first-order chi connectivity index (χ1) is 4.41. The maximum Gasteiger partial charge on any atom is 0.0822 e. The summed E-state index contributed by atoms with van der Waals surface area (Å²) in [5, 5.41) is 0. The largest absolute Gasteiger partial charge is 0.237 e. The van der Waals surface area contributed by atoms with Crippen molar-refractivity contribution in [3.8, 4) is 0 Å². The summed E-state index contributed by atoms with van der Waals surface area (Å²) in [6.07, 6.45) is 3.57. The van der Waals surface area contributed by atoms with Gasteiger partial charge in [0.15, 0.2) is 0 Å². The van der Waals surface area contributed by atoms with Gasteiger partial charge in [-0.15, -0.1) is 0 Å². The van der Waals surface area contributed by atoms with E-state index in [4.69, 9.17) is 4.89 Å². The first-order valence-electron chi connectivity index (χ1n) is 3.66. The van der Waals surface area contributed by atoms with Crippen molar-refractivity contribution in [1.82, 2.24) is 0 Å². The van der Waals surface area contributed by atoms with Crippen molar-refractivity contribution >= 4 is 0 Å². The number of rotatable bonds is 6. The molecule has 0 fully saturated rings. The molecule has 0 saturated heterocycles. The minimum Gasteiger partial charge on any atom is -0.237 e. The third-order valence-electron chi connectivity index (χ3n) is 1.03. The minimum absolute atomic E-state index is 0.645. The third-order valence-corrected chi connectivity index (χ3v) is 1.03. The molecule has 0 saturated carbocycles. The maximum absolute atomic E-state index is 4.78. The summed E-state index contributed by atoms with van der Waals surface area (Å²) >= 11 is 0. The van der Waals surface area contributed by atoms with E-state index >= 15 is 0 Å². The van der Waals surface area contributed by atoms with Crippen molar-refractivity contribution in [2.24, 2.45) is 0 Å². The Balaban J connectivity index is 2.60. The highest BCUT2D eigenvalue weighted by Crippen LogP contribution is 1.93. The zero-order chi connectivity index (χ0) is 6.95. The van der Waals surface area contributed by atoms with Crippen molar-refractivity contribution in [3.05, 3.63) is 0 Å². The molecule has 0 aliphatic heterocycles. The summed E-state index contributed by atoms with van der Waals surface area (Å²) < 4.78 is 0. The van der Waals surface area contributed by atoms with Crippen LogP contribution in [-0.4, -0.2) is 13.2 Å². The fourth-order valence-electron chi connectivity index (χ4n) is 0.553. The van der Waals surface area contributed by atoms with Crippen molar-refractivity contribution in [2.75, 3.05) is 13.2 Å². The molecule has 0 unspecified atom stereocenters. The van der Waals surface area contributed by atoms with Crippen LogP contribution in [0.25, 0.3) is 0 Å². The van der Waals surface area contributed by atoms with Gasteiger partial charge in [-0.05, 0) is 13.3 Å². The van der Waals surface area contributed by atoms with Gasteiger partial charge in [-0.2, -0.15) is 0 Å². The van der Waals surface area contributed by atoms with Crippen molar-refractivity contribution in [3.63, 3.8) is 0 Å². The Hall–Kier alpha value is -0.0800. The zero-order valence-electron chi connectivity index (χ0n) is 6.35. The molecule has 0 aromatic carbocycles. The first-order valence-corrected chi connectivity index (χ1v) is 3.66. The third kappa shape index (κ3) is 7.92. The molecule has 0 rings (SSSR count). The predicted molar refractivity (Wildman–Crippen MR) is 37.1 cm³/mol. The van der Waals surface area contributed by atoms with Crippen LogP contribution in [0.5, 0.6) is 0 Å². The molecule has 0 heterocycles. The summed E-state index contributed by atoms with van der Waals surface area (Å²) in [6, 6.07) is 0. The normalized spacial score (nSPS) is 10.0. The lowest BCUT2D eigenvalue weighted by molar-refractivity contribution is -0.291. The monoisotopic (exact) mass is 132 g/mol. The molecule has 0 aromatic heterocycles. The van der Waals surface area contributed by atoms with E-state index in [9.17, 15) is 0 Å². The van der Waals surface area contributed by atoms with E-state index in [0.29, 0.717) is 6.61 Å². The molecular formula is C7H16O2. The van der Waals surface area contributed by atoms with Gasteiger partial charge in [-0.1, -0.05) is 19.8 Å². The molecule has 0 atom stereocenters. The van der Waals surface area contributed by atoms with Crippen molar-refractivity contribution < 1.29 is 9.78 Å². The minimum atomic E-state index is 0.645. The highest BCUT2D eigenvalue weighted by Gasteiger charge is 1.85. The van der Waals surface area contributed by atoms with Crippen LogP contribution in [0.1, 0.15) is 33.1 Å². The molecular weight excluding hydrogens is 116 g/mol. The fraction of sp³-hybridized carbons (Fsp3) is 1.00. The van der Waals surface area contributed by atoms with Crippen LogP contribution in [0.2, 0.25) is 0 Å². The lowest BCUT2D eigenvalue weighted by Gasteiger charge is -1.98. The standard InChI is InChI=1S/C7H16O2/c1-3-5-6-7-9-8-4-2/h3-7H2,1-2H3. The second-order valence-electron chi connectivity index (χ2n) is 1.94. The molecule has 2 heteroatoms. The molecule has 0 aliphatic rings. The Bertz CT molecular complexity index is 40.2. The van der Waals surface area contributed by atoms with E-state index in [0.717, 1.165) is 13.0 Å². The quantitative estimate of drug-likeness (QED) is 0.313. The summed E-state index contributed by atoms with van der Waals surface area (Å²) in [5.41, 5.74) is 0. The molecule has 0 radical (unpaired) electrons. The molecule has 0 bridgehead atoms. The van der Waals surface area contributed by atoms with Crippen LogP contribution < -0.4 is 0 Å². The Morgan fingerprint density at radius 3 is 2.33 bits per heavy atom.